The maximum Gasteiger partial charge on any atom is 1.00 e. The molecule has 42 heavy (non-hydrogen) atoms. The molecule has 0 aromatic rings. The van der Waals surface area contributed by atoms with Crippen LogP contribution in [0.5, 0.6) is 0 Å². The van der Waals surface area contributed by atoms with E-state index in [0.717, 1.165) is 26.2 Å². The van der Waals surface area contributed by atoms with Gasteiger partial charge in [0.05, 0.1) is 0 Å². The minimum atomic E-state index is -1.11. The molecule has 0 aromatic heterocycles. The smallest absolute Gasteiger partial charge is 0.668 e. The predicted octanol–water partition coefficient (Wildman–Crippen LogP) is 7.68. The zero-order chi connectivity index (χ0) is 31.7. The van der Waals surface area contributed by atoms with E-state index in [1.807, 2.05) is 65.7 Å². The van der Waals surface area contributed by atoms with Crippen molar-refractivity contribution in [1.82, 2.24) is 19.6 Å². The first-order chi connectivity index (χ1) is 16.7. The average molecular weight is 1390 g/mol. The molecule has 0 amide bonds. The maximum atomic E-state index is 9.35. The largest absolute Gasteiger partial charge is 1.00 e. The number of nitrogens with zero attached hydrogens (tertiary/aromatic N) is 8. The van der Waals surface area contributed by atoms with Crippen LogP contribution in [0.4, 0.5) is 0 Å². The SMILES string of the molecule is CCN(CC)C(=[N-])N(C)C.CCN(CC)C(=[N-])N(C)C.C[Si](C)(C)[N-][Si](C)(C)C.C[Si](C)(C)[N-][Si](C)(C)C.[Au+].[Au+].[Au+].[Au+]. The third kappa shape index (κ3) is 49.2. The normalized spacial score (nSPS) is 10.4. The summed E-state index contributed by atoms with van der Waals surface area (Å²) in [5.74, 6) is 0.676. The summed E-state index contributed by atoms with van der Waals surface area (Å²) in [4.78, 5) is 7.18. The predicted molar refractivity (Wildman–Crippen MR) is 190 cm³/mol. The molecule has 0 heterocycles. The topological polar surface area (TPSA) is 85.8 Å². The third-order valence-corrected chi connectivity index (χ3v) is 15.0. The van der Waals surface area contributed by atoms with Crippen molar-refractivity contribution in [2.24, 2.45) is 0 Å². The van der Waals surface area contributed by atoms with Gasteiger partial charge in [-0.25, -0.2) is 0 Å². The zero-order valence-corrected chi connectivity index (χ0v) is 43.3. The van der Waals surface area contributed by atoms with Crippen molar-refractivity contribution >= 4 is 44.9 Å². The molecule has 0 atom stereocenters. The molecule has 0 fully saturated rings. The van der Waals surface area contributed by atoms with Crippen molar-refractivity contribution in [2.75, 3.05) is 54.4 Å². The standard InChI is InChI=1S/2C7H16N3.2C6H18NSi2.4Au/c2*1-5-10(6-2)7(8)9(3)4;2*1-8(2,3)7-9(4,5)6;;;;/h2*5-6H2,1-4H3;2*1-6H3;;;;/q4*-1;4*+1. The average Bonchev–Trinajstić information content (AvgIpc) is 2.65. The summed E-state index contributed by atoms with van der Waals surface area (Å²) in [5.41, 5.74) is 0. The van der Waals surface area contributed by atoms with Gasteiger partial charge in [0.25, 0.3) is 0 Å². The van der Waals surface area contributed by atoms with Crippen molar-refractivity contribution in [3.05, 3.63) is 20.1 Å². The molecule has 0 bridgehead atoms. The van der Waals surface area contributed by atoms with Gasteiger partial charge in [0, 0.05) is 11.9 Å². The minimum Gasteiger partial charge on any atom is -0.668 e. The number of rotatable bonds is 8. The van der Waals surface area contributed by atoms with Gasteiger partial charge in [-0.15, -0.1) is 0 Å². The quantitative estimate of drug-likeness (QED) is 0.142. The first kappa shape index (κ1) is 63.0. The molecular weight excluding hydrogens is 1320 g/mol. The summed E-state index contributed by atoms with van der Waals surface area (Å²) >= 11 is 0. The fourth-order valence-electron chi connectivity index (χ4n) is 3.59. The van der Waals surface area contributed by atoms with Crippen LogP contribution in [-0.4, -0.2) is 119 Å². The summed E-state index contributed by atoms with van der Waals surface area (Å²) in [5, 5.41) is 18.7. The number of hydrogen-bond acceptors (Lipinski definition) is 0. The Labute approximate surface area is 331 Å². The fraction of sp³-hybridized carbons (Fsp3) is 0.923. The second kappa shape index (κ2) is 30.6. The molecule has 0 aliphatic heterocycles. The van der Waals surface area contributed by atoms with Crippen LogP contribution in [0.1, 0.15) is 27.7 Å². The Hall–Kier alpha value is 2.29. The molecule has 272 valence electrons. The van der Waals surface area contributed by atoms with Crippen LogP contribution in [0.15, 0.2) is 0 Å². The Morgan fingerprint density at radius 1 is 0.429 bits per heavy atom. The Morgan fingerprint density at radius 2 is 0.571 bits per heavy atom. The van der Waals surface area contributed by atoms with Gasteiger partial charge in [-0.1, -0.05) is 139 Å². The molecule has 0 N–H and O–H groups in total. The molecule has 0 aliphatic carbocycles. The van der Waals surface area contributed by atoms with E-state index in [2.05, 4.69) is 78.6 Å². The summed E-state index contributed by atoms with van der Waals surface area (Å²) in [6, 6.07) is 0. The summed E-state index contributed by atoms with van der Waals surface area (Å²) < 4.78 is 9.64. The van der Waals surface area contributed by atoms with Crippen LogP contribution in [-0.2, 0) is 89.5 Å². The Kier molecular flexibility index (Phi) is 45.9. The molecule has 0 rings (SSSR count). The second-order valence-corrected chi connectivity index (χ2v) is 32.8. The maximum absolute atomic E-state index is 9.35. The van der Waals surface area contributed by atoms with Crippen LogP contribution in [0.2, 0.25) is 78.6 Å². The van der Waals surface area contributed by atoms with Gasteiger partial charge in [0.1, 0.15) is 0 Å². The summed E-state index contributed by atoms with van der Waals surface area (Å²) in [7, 11) is 2.88. The van der Waals surface area contributed by atoms with Crippen molar-refractivity contribution < 1.29 is 89.5 Å². The van der Waals surface area contributed by atoms with Gasteiger partial charge in [-0.3, -0.25) is 0 Å². The molecule has 0 radical (unpaired) electrons. The van der Waals surface area contributed by atoms with Gasteiger partial charge in [-0.05, 0) is 54.4 Å². The van der Waals surface area contributed by atoms with Gasteiger partial charge < -0.3 is 39.7 Å². The molecular formula is C26H68Au4N8Si4. The monoisotopic (exact) mass is 1390 g/mol. The number of hydrogen-bond donors (Lipinski definition) is 0. The molecule has 8 nitrogen and oxygen atoms in total. The first-order valence-electron chi connectivity index (χ1n) is 14.1. The van der Waals surface area contributed by atoms with Crippen molar-refractivity contribution in [3.8, 4) is 0 Å². The van der Waals surface area contributed by atoms with Crippen LogP contribution >= 0.6 is 0 Å². The number of guanidine groups is 2. The zero-order valence-electron chi connectivity index (χ0n) is 30.6. The molecule has 0 unspecified atom stereocenters. The van der Waals surface area contributed by atoms with E-state index < -0.39 is 32.9 Å². The van der Waals surface area contributed by atoms with E-state index in [1.54, 1.807) is 9.80 Å². The minimum absolute atomic E-state index is 0. The molecule has 0 saturated carbocycles. The molecule has 0 saturated heterocycles. The Morgan fingerprint density at radius 3 is 0.595 bits per heavy atom. The van der Waals surface area contributed by atoms with Gasteiger partial charge >= 0.3 is 89.5 Å². The van der Waals surface area contributed by atoms with Gasteiger partial charge in [0.15, 0.2) is 0 Å². The van der Waals surface area contributed by atoms with Crippen LogP contribution in [0.3, 0.4) is 0 Å². The summed E-state index contributed by atoms with van der Waals surface area (Å²) in [6.07, 6.45) is 0. The summed E-state index contributed by atoms with van der Waals surface area (Å²) in [6.45, 7) is 39.0. The van der Waals surface area contributed by atoms with Crippen LogP contribution in [0, 0.1) is 0 Å². The van der Waals surface area contributed by atoms with Crippen LogP contribution < -0.4 is 0 Å². The van der Waals surface area contributed by atoms with Crippen molar-refractivity contribution in [1.29, 1.82) is 0 Å². The van der Waals surface area contributed by atoms with E-state index in [-0.39, 0.29) is 89.5 Å². The molecule has 16 heteroatoms. The van der Waals surface area contributed by atoms with Crippen molar-refractivity contribution in [3.63, 3.8) is 0 Å². The van der Waals surface area contributed by atoms with Crippen molar-refractivity contribution in [2.45, 2.75) is 106 Å². The van der Waals surface area contributed by atoms with E-state index >= 15 is 0 Å². The van der Waals surface area contributed by atoms with E-state index in [1.165, 1.54) is 0 Å². The molecule has 0 aromatic carbocycles. The van der Waals surface area contributed by atoms with E-state index in [0.29, 0.717) is 11.9 Å². The second-order valence-electron chi connectivity index (χ2n) is 13.6. The fourth-order valence-corrected chi connectivity index (χ4v) is 19.7. The Bertz CT molecular complexity index is 550. The Balaban J connectivity index is -0.0000000593. The first-order valence-corrected chi connectivity index (χ1v) is 27.9. The van der Waals surface area contributed by atoms with Gasteiger partial charge in [0.2, 0.25) is 0 Å². The van der Waals surface area contributed by atoms with Crippen LogP contribution in [0.25, 0.3) is 20.1 Å². The third-order valence-electron chi connectivity index (χ3n) is 4.23. The van der Waals surface area contributed by atoms with Gasteiger partial charge in [-0.2, -0.15) is 0 Å². The molecule has 0 spiro atoms. The molecule has 0 aliphatic rings. The van der Waals surface area contributed by atoms with E-state index in [9.17, 15) is 10.8 Å². The van der Waals surface area contributed by atoms with E-state index in [4.69, 9.17) is 9.30 Å².